The first-order valence-electron chi connectivity index (χ1n) is 39.2. The maximum absolute atomic E-state index is 13.1. The van der Waals surface area contributed by atoms with Crippen molar-refractivity contribution in [3.63, 3.8) is 0 Å². The van der Waals surface area contributed by atoms with Crippen molar-refractivity contribution in [1.82, 2.24) is 0 Å². The van der Waals surface area contributed by atoms with Crippen LogP contribution in [-0.2, 0) is 65.4 Å². The standard InChI is InChI=1S/C77H144O17P2/c1-4-7-10-13-16-19-22-25-28-33-38-43-47-52-57-62-76(81)93-73(68-87-65-60-55-50-45-40-35-30-27-26-29-34-39-44-49-54-59-64-78)70-91-95(83,84)89-66-72(79)67-90-96(85,86)92-71-74(94-77(82)63-58-53-48-42-37-32-24-21-18-15-12-9-6-3)69-88-75(80)61-56-51-46-41-36-31-23-20-17-14-11-8-5-2/h16,19,25-26,28-29,64,72-74,79H,4-15,17-18,20-24,27,30-63,65-71H2,1-3H3,(H,83,84)(H,85,86)/b19-16-,28-25-,29-26-/t72-,73-,74-/m1/s1. The van der Waals surface area contributed by atoms with Gasteiger partial charge in [-0.25, -0.2) is 9.13 Å². The average Bonchev–Trinajstić information content (AvgIpc) is 2.73. The molecule has 0 aliphatic carbocycles. The molecule has 0 fully saturated rings. The summed E-state index contributed by atoms with van der Waals surface area (Å²) in [5.74, 6) is -1.52. The number of aliphatic hydroxyl groups is 1. The zero-order valence-corrected chi connectivity index (χ0v) is 63.1. The molecule has 5 atom stereocenters. The van der Waals surface area contributed by atoms with E-state index in [0.717, 1.165) is 148 Å². The third-order valence-corrected chi connectivity index (χ3v) is 19.0. The van der Waals surface area contributed by atoms with Crippen molar-refractivity contribution in [2.45, 2.75) is 386 Å². The van der Waals surface area contributed by atoms with Gasteiger partial charge in [0.05, 0.1) is 33.0 Å². The molecule has 0 radical (unpaired) electrons. The van der Waals surface area contributed by atoms with Crippen molar-refractivity contribution in [3.05, 3.63) is 36.5 Å². The van der Waals surface area contributed by atoms with E-state index in [4.69, 9.17) is 37.0 Å². The lowest BCUT2D eigenvalue weighted by Gasteiger charge is -2.21. The Morgan fingerprint density at radius 1 is 0.333 bits per heavy atom. The summed E-state index contributed by atoms with van der Waals surface area (Å²) in [7, 11) is -9.81. The Kier molecular flexibility index (Phi) is 70.3. The maximum Gasteiger partial charge on any atom is 0.472 e. The van der Waals surface area contributed by atoms with E-state index in [9.17, 15) is 43.2 Å². The van der Waals surface area contributed by atoms with Crippen LogP contribution in [0.1, 0.15) is 367 Å². The summed E-state index contributed by atoms with van der Waals surface area (Å²) in [6, 6.07) is 0. The summed E-state index contributed by atoms with van der Waals surface area (Å²) >= 11 is 0. The fourth-order valence-corrected chi connectivity index (χ4v) is 12.7. The smallest absolute Gasteiger partial charge is 0.462 e. The fourth-order valence-electron chi connectivity index (χ4n) is 11.1. The lowest BCUT2D eigenvalue weighted by molar-refractivity contribution is -0.161. The monoisotopic (exact) mass is 1400 g/mol. The van der Waals surface area contributed by atoms with Gasteiger partial charge in [0.2, 0.25) is 0 Å². The molecule has 564 valence electrons. The molecule has 0 heterocycles. The highest BCUT2D eigenvalue weighted by atomic mass is 31.2. The first kappa shape index (κ1) is 93.4. The van der Waals surface area contributed by atoms with Crippen LogP contribution in [0.5, 0.6) is 0 Å². The normalized spacial score (nSPS) is 14.1. The summed E-state index contributed by atoms with van der Waals surface area (Å²) < 4.78 is 69.2. The molecule has 3 N–H and O–H groups in total. The number of aliphatic hydroxyl groups excluding tert-OH is 1. The Morgan fingerprint density at radius 2 is 0.615 bits per heavy atom. The van der Waals surface area contributed by atoms with Crippen molar-refractivity contribution in [2.24, 2.45) is 0 Å². The molecule has 0 aromatic carbocycles. The number of unbranched alkanes of at least 4 members (excludes halogenated alkanes) is 44. The lowest BCUT2D eigenvalue weighted by atomic mass is 10.0. The second-order valence-corrected chi connectivity index (χ2v) is 29.5. The molecule has 0 rings (SSSR count). The number of ether oxygens (including phenoxy) is 4. The molecule has 0 amide bonds. The van der Waals surface area contributed by atoms with Crippen LogP contribution < -0.4 is 0 Å². The van der Waals surface area contributed by atoms with Gasteiger partial charge in [-0.1, -0.05) is 288 Å². The zero-order valence-electron chi connectivity index (χ0n) is 61.4. The van der Waals surface area contributed by atoms with Gasteiger partial charge in [-0.15, -0.1) is 0 Å². The third-order valence-electron chi connectivity index (χ3n) is 17.1. The highest BCUT2D eigenvalue weighted by molar-refractivity contribution is 7.47. The van der Waals surface area contributed by atoms with Crippen LogP contribution >= 0.6 is 15.6 Å². The average molecular weight is 1400 g/mol. The topological polar surface area (TPSA) is 237 Å². The summed E-state index contributed by atoms with van der Waals surface area (Å²) in [4.78, 5) is 70.5. The SMILES string of the molecule is CCCCC/C=C\C/C=C\CCCCCCCC(=O)O[C@H](COCCCCCCCCC/C=C\CCCCCCC=O)COP(=O)(O)OC[C@@H](O)COP(=O)(O)OC[C@@H](COC(=O)CCCCCCCCCCCCCCC)OC(=O)CCCCCCCCCCCCCCC. The Morgan fingerprint density at radius 3 is 0.990 bits per heavy atom. The fraction of sp³-hybridized carbons (Fsp3) is 0.870. The van der Waals surface area contributed by atoms with E-state index in [1.807, 2.05) is 0 Å². The number of allylic oxidation sites excluding steroid dienone is 6. The van der Waals surface area contributed by atoms with Gasteiger partial charge in [0, 0.05) is 32.3 Å². The molecule has 0 saturated heterocycles. The molecule has 0 bridgehead atoms. The van der Waals surface area contributed by atoms with Crippen LogP contribution in [0.15, 0.2) is 36.5 Å². The Balaban J connectivity index is 5.23. The van der Waals surface area contributed by atoms with Crippen LogP contribution in [0.2, 0.25) is 0 Å². The highest BCUT2D eigenvalue weighted by Crippen LogP contribution is 2.45. The van der Waals surface area contributed by atoms with Crippen molar-refractivity contribution < 1.29 is 80.2 Å². The Labute approximate surface area is 585 Å². The third kappa shape index (κ3) is 71.3. The van der Waals surface area contributed by atoms with E-state index in [2.05, 4.69) is 57.2 Å². The molecule has 19 heteroatoms. The first-order chi connectivity index (χ1) is 46.8. The van der Waals surface area contributed by atoms with E-state index < -0.39 is 84.9 Å². The Bertz CT molecular complexity index is 1930. The minimum Gasteiger partial charge on any atom is -0.462 e. The van der Waals surface area contributed by atoms with Crippen molar-refractivity contribution in [3.8, 4) is 0 Å². The zero-order chi connectivity index (χ0) is 70.2. The minimum atomic E-state index is -4.93. The second kappa shape index (κ2) is 72.2. The maximum atomic E-state index is 13.1. The summed E-state index contributed by atoms with van der Waals surface area (Å²) in [6.07, 6.45) is 67.4. The molecule has 0 aromatic heterocycles. The van der Waals surface area contributed by atoms with Gasteiger partial charge in [0.1, 0.15) is 25.1 Å². The first-order valence-corrected chi connectivity index (χ1v) is 42.2. The number of aldehydes is 1. The predicted octanol–water partition coefficient (Wildman–Crippen LogP) is 22.0. The molecule has 0 aromatic rings. The number of rotatable bonds is 77. The van der Waals surface area contributed by atoms with Gasteiger partial charge < -0.3 is 38.6 Å². The molecule has 0 saturated carbocycles. The van der Waals surface area contributed by atoms with Crippen molar-refractivity contribution >= 4 is 39.8 Å². The second-order valence-electron chi connectivity index (χ2n) is 26.6. The van der Waals surface area contributed by atoms with Crippen LogP contribution in [0.4, 0.5) is 0 Å². The van der Waals surface area contributed by atoms with Gasteiger partial charge in [-0.3, -0.25) is 32.5 Å². The van der Waals surface area contributed by atoms with E-state index in [0.29, 0.717) is 32.3 Å². The van der Waals surface area contributed by atoms with Crippen LogP contribution in [0.3, 0.4) is 0 Å². The highest BCUT2D eigenvalue weighted by Gasteiger charge is 2.30. The Hall–Kier alpha value is -2.56. The number of phosphoric ester groups is 2. The molecule has 2 unspecified atom stereocenters. The molecule has 96 heavy (non-hydrogen) atoms. The van der Waals surface area contributed by atoms with Gasteiger partial charge in [0.25, 0.3) is 0 Å². The van der Waals surface area contributed by atoms with Crippen LogP contribution in [-0.4, -0.2) is 104 Å². The quantitative estimate of drug-likeness (QED) is 0.0128. The van der Waals surface area contributed by atoms with Gasteiger partial charge >= 0.3 is 33.6 Å². The van der Waals surface area contributed by atoms with Crippen LogP contribution in [0.25, 0.3) is 0 Å². The van der Waals surface area contributed by atoms with E-state index in [-0.39, 0.29) is 25.9 Å². The largest absolute Gasteiger partial charge is 0.472 e. The number of phosphoric acid groups is 2. The number of carbonyl (C=O) groups is 4. The molecule has 0 aliphatic heterocycles. The molecule has 0 aliphatic rings. The van der Waals surface area contributed by atoms with Crippen molar-refractivity contribution in [1.29, 1.82) is 0 Å². The van der Waals surface area contributed by atoms with E-state index in [1.165, 1.54) is 161 Å². The predicted molar refractivity (Wildman–Crippen MR) is 391 cm³/mol. The van der Waals surface area contributed by atoms with Crippen LogP contribution in [0, 0.1) is 0 Å². The molecule has 17 nitrogen and oxygen atoms in total. The summed E-state index contributed by atoms with van der Waals surface area (Å²) in [5, 5.41) is 10.6. The van der Waals surface area contributed by atoms with E-state index >= 15 is 0 Å². The summed E-state index contributed by atoms with van der Waals surface area (Å²) in [5.41, 5.74) is 0. The van der Waals surface area contributed by atoms with Gasteiger partial charge in [0.15, 0.2) is 6.10 Å². The van der Waals surface area contributed by atoms with Gasteiger partial charge in [-0.2, -0.15) is 0 Å². The molecular weight excluding hydrogens is 1260 g/mol. The minimum absolute atomic E-state index is 0.0781. The summed E-state index contributed by atoms with van der Waals surface area (Å²) in [6.45, 7) is 3.69. The number of hydrogen-bond acceptors (Lipinski definition) is 15. The molecule has 0 spiro atoms. The number of esters is 3. The van der Waals surface area contributed by atoms with E-state index in [1.54, 1.807) is 0 Å². The number of hydrogen-bond donors (Lipinski definition) is 3. The lowest BCUT2D eigenvalue weighted by Crippen LogP contribution is -2.30. The molecular formula is C77H144O17P2. The number of carbonyl (C=O) groups excluding carboxylic acids is 4. The van der Waals surface area contributed by atoms with Crippen molar-refractivity contribution in [2.75, 3.05) is 46.2 Å². The van der Waals surface area contributed by atoms with Gasteiger partial charge in [-0.05, 0) is 89.9 Å².